The lowest BCUT2D eigenvalue weighted by atomic mass is 10.2. The van der Waals surface area contributed by atoms with E-state index in [0.717, 1.165) is 11.3 Å². The zero-order chi connectivity index (χ0) is 15.7. The molecule has 114 valence electrons. The maximum Gasteiger partial charge on any atom is 0.321 e. The third-order valence-corrected chi connectivity index (χ3v) is 2.72. The monoisotopic (exact) mass is 293 g/mol. The van der Waals surface area contributed by atoms with Gasteiger partial charge >= 0.3 is 12.0 Å². The third-order valence-electron chi connectivity index (χ3n) is 2.72. The minimum absolute atomic E-state index is 0.0277. The predicted molar refractivity (Wildman–Crippen MR) is 75.5 cm³/mol. The number of imide groups is 1. The number of carbonyl (C=O) groups is 3. The zero-order valence-electron chi connectivity index (χ0n) is 11.9. The highest BCUT2D eigenvalue weighted by molar-refractivity contribution is 5.94. The van der Waals surface area contributed by atoms with Gasteiger partial charge < -0.3 is 10.4 Å². The standard InChI is InChI=1S/C14H19N3O4/c1-10-6-7-11(8-15-10)9-16-14(21)17-12(18)4-2-3-5-13(19)20/h6-8H,2-5,9H2,1H3,(H,19,20)(H2,16,17,18,21). The molecule has 0 radical (unpaired) electrons. The van der Waals surface area contributed by atoms with Crippen LogP contribution in [0.4, 0.5) is 4.79 Å². The Balaban J connectivity index is 2.19. The van der Waals surface area contributed by atoms with E-state index in [4.69, 9.17) is 5.11 Å². The first-order chi connectivity index (χ1) is 9.97. The van der Waals surface area contributed by atoms with Gasteiger partial charge in [0.2, 0.25) is 5.91 Å². The second kappa shape index (κ2) is 8.68. The molecule has 0 bridgehead atoms. The zero-order valence-corrected chi connectivity index (χ0v) is 11.9. The van der Waals surface area contributed by atoms with E-state index in [-0.39, 0.29) is 19.4 Å². The molecule has 0 unspecified atom stereocenters. The summed E-state index contributed by atoms with van der Waals surface area (Å²) in [5.74, 6) is -1.31. The van der Waals surface area contributed by atoms with Crippen LogP contribution in [-0.2, 0) is 16.1 Å². The molecule has 0 fully saturated rings. The van der Waals surface area contributed by atoms with Gasteiger partial charge in [0.1, 0.15) is 0 Å². The van der Waals surface area contributed by atoms with Crippen molar-refractivity contribution in [3.05, 3.63) is 29.6 Å². The second-order valence-corrected chi connectivity index (χ2v) is 4.64. The Morgan fingerprint density at radius 1 is 1.19 bits per heavy atom. The van der Waals surface area contributed by atoms with E-state index < -0.39 is 17.9 Å². The average molecular weight is 293 g/mol. The number of pyridine rings is 1. The average Bonchev–Trinajstić information content (AvgIpc) is 2.43. The molecule has 7 nitrogen and oxygen atoms in total. The molecule has 1 aromatic rings. The van der Waals surface area contributed by atoms with Crippen LogP contribution < -0.4 is 10.6 Å². The first kappa shape index (κ1) is 16.6. The van der Waals surface area contributed by atoms with Gasteiger partial charge in [0.15, 0.2) is 0 Å². The molecule has 0 aliphatic carbocycles. The summed E-state index contributed by atoms with van der Waals surface area (Å²) in [7, 11) is 0. The van der Waals surface area contributed by atoms with Crippen LogP contribution in [0.25, 0.3) is 0 Å². The normalized spacial score (nSPS) is 9.95. The van der Waals surface area contributed by atoms with Crippen LogP contribution in [0.2, 0.25) is 0 Å². The van der Waals surface area contributed by atoms with Crippen LogP contribution in [0, 0.1) is 6.92 Å². The SMILES string of the molecule is Cc1ccc(CNC(=O)NC(=O)CCCCC(=O)O)cn1. The molecule has 0 spiro atoms. The maximum atomic E-state index is 11.5. The molecule has 0 aromatic carbocycles. The Morgan fingerprint density at radius 2 is 1.90 bits per heavy atom. The Kier molecular flexibility index (Phi) is 6.86. The van der Waals surface area contributed by atoms with Gasteiger partial charge in [0, 0.05) is 31.3 Å². The quantitative estimate of drug-likeness (QED) is 0.658. The number of urea groups is 1. The van der Waals surface area contributed by atoms with E-state index in [9.17, 15) is 14.4 Å². The van der Waals surface area contributed by atoms with E-state index in [0.29, 0.717) is 12.8 Å². The highest BCUT2D eigenvalue weighted by Crippen LogP contribution is 2.00. The van der Waals surface area contributed by atoms with E-state index in [1.807, 2.05) is 19.1 Å². The molecule has 7 heteroatoms. The molecule has 1 rings (SSSR count). The highest BCUT2D eigenvalue weighted by Gasteiger charge is 2.07. The molecule has 0 saturated heterocycles. The van der Waals surface area contributed by atoms with Crippen LogP contribution in [0.15, 0.2) is 18.3 Å². The molecular formula is C14H19N3O4. The van der Waals surface area contributed by atoms with Crippen LogP contribution in [0.5, 0.6) is 0 Å². The van der Waals surface area contributed by atoms with Crippen molar-refractivity contribution in [2.45, 2.75) is 39.2 Å². The van der Waals surface area contributed by atoms with Gasteiger partial charge in [-0.1, -0.05) is 6.07 Å². The molecule has 21 heavy (non-hydrogen) atoms. The number of nitrogens with one attached hydrogen (secondary N) is 2. The largest absolute Gasteiger partial charge is 0.481 e. The van der Waals surface area contributed by atoms with Crippen LogP contribution in [-0.4, -0.2) is 28.0 Å². The van der Waals surface area contributed by atoms with Gasteiger partial charge in [-0.2, -0.15) is 0 Å². The Morgan fingerprint density at radius 3 is 2.52 bits per heavy atom. The minimum atomic E-state index is -0.889. The molecule has 0 atom stereocenters. The lowest BCUT2D eigenvalue weighted by molar-refractivity contribution is -0.137. The van der Waals surface area contributed by atoms with Crippen molar-refractivity contribution in [3.8, 4) is 0 Å². The lowest BCUT2D eigenvalue weighted by Gasteiger charge is -2.06. The number of unbranched alkanes of at least 4 members (excludes halogenated alkanes) is 1. The van der Waals surface area contributed by atoms with Gasteiger partial charge in [-0.3, -0.25) is 19.9 Å². The van der Waals surface area contributed by atoms with E-state index in [1.54, 1.807) is 6.20 Å². The molecule has 1 heterocycles. The Bertz CT molecular complexity index is 499. The van der Waals surface area contributed by atoms with Crippen molar-refractivity contribution in [2.24, 2.45) is 0 Å². The molecule has 3 amide bonds. The fourth-order valence-electron chi connectivity index (χ4n) is 1.58. The van der Waals surface area contributed by atoms with E-state index in [2.05, 4.69) is 15.6 Å². The summed E-state index contributed by atoms with van der Waals surface area (Å²) < 4.78 is 0. The maximum absolute atomic E-state index is 11.5. The summed E-state index contributed by atoms with van der Waals surface area (Å²) in [6.07, 6.45) is 2.67. The molecular weight excluding hydrogens is 274 g/mol. The van der Waals surface area contributed by atoms with E-state index in [1.165, 1.54) is 0 Å². The van der Waals surface area contributed by atoms with Crippen molar-refractivity contribution >= 4 is 17.9 Å². The summed E-state index contributed by atoms with van der Waals surface area (Å²) in [5, 5.41) is 13.2. The van der Waals surface area contributed by atoms with Gasteiger partial charge in [-0.05, 0) is 31.4 Å². The van der Waals surface area contributed by atoms with Crippen molar-refractivity contribution in [2.75, 3.05) is 0 Å². The van der Waals surface area contributed by atoms with Gasteiger partial charge in [-0.15, -0.1) is 0 Å². The number of carboxylic acids is 1. The number of aromatic nitrogens is 1. The fraction of sp³-hybridized carbons (Fsp3) is 0.429. The molecule has 0 aliphatic rings. The summed E-state index contributed by atoms with van der Waals surface area (Å²) in [5.41, 5.74) is 1.73. The van der Waals surface area contributed by atoms with Crippen LogP contribution in [0.3, 0.4) is 0 Å². The summed E-state index contributed by atoms with van der Waals surface area (Å²) >= 11 is 0. The number of amides is 3. The Labute approximate surface area is 122 Å². The lowest BCUT2D eigenvalue weighted by Crippen LogP contribution is -2.38. The third kappa shape index (κ3) is 7.66. The minimum Gasteiger partial charge on any atom is -0.481 e. The molecule has 0 aliphatic heterocycles. The number of carboxylic acid groups (broad SMARTS) is 1. The number of hydrogen-bond acceptors (Lipinski definition) is 4. The number of aryl methyl sites for hydroxylation is 1. The number of aliphatic carboxylic acids is 1. The van der Waals surface area contributed by atoms with Crippen molar-refractivity contribution in [1.29, 1.82) is 0 Å². The fourth-order valence-corrected chi connectivity index (χ4v) is 1.58. The number of nitrogens with zero attached hydrogens (tertiary/aromatic N) is 1. The summed E-state index contributed by atoms with van der Waals surface area (Å²) in [6.45, 7) is 2.15. The van der Waals surface area contributed by atoms with Crippen LogP contribution >= 0.6 is 0 Å². The molecule has 0 saturated carbocycles. The van der Waals surface area contributed by atoms with Gasteiger partial charge in [0.25, 0.3) is 0 Å². The predicted octanol–water partition coefficient (Wildman–Crippen LogP) is 1.36. The second-order valence-electron chi connectivity index (χ2n) is 4.64. The van der Waals surface area contributed by atoms with Crippen LogP contribution in [0.1, 0.15) is 36.9 Å². The topological polar surface area (TPSA) is 108 Å². The van der Waals surface area contributed by atoms with E-state index >= 15 is 0 Å². The van der Waals surface area contributed by atoms with Crippen molar-refractivity contribution in [3.63, 3.8) is 0 Å². The van der Waals surface area contributed by atoms with Gasteiger partial charge in [-0.25, -0.2) is 4.79 Å². The number of carbonyl (C=O) groups excluding carboxylic acids is 2. The van der Waals surface area contributed by atoms with Crippen molar-refractivity contribution < 1.29 is 19.5 Å². The molecule has 3 N–H and O–H groups in total. The van der Waals surface area contributed by atoms with Crippen molar-refractivity contribution in [1.82, 2.24) is 15.6 Å². The summed E-state index contributed by atoms with van der Waals surface area (Å²) in [4.78, 5) is 37.3. The smallest absolute Gasteiger partial charge is 0.321 e. The number of rotatable bonds is 7. The van der Waals surface area contributed by atoms with Gasteiger partial charge in [0.05, 0.1) is 0 Å². The number of hydrogen-bond donors (Lipinski definition) is 3. The first-order valence-electron chi connectivity index (χ1n) is 6.68. The summed E-state index contributed by atoms with van der Waals surface area (Å²) in [6, 6.07) is 3.11. The molecule has 1 aromatic heterocycles. The Hall–Kier alpha value is -2.44. The first-order valence-corrected chi connectivity index (χ1v) is 6.68. The highest BCUT2D eigenvalue weighted by atomic mass is 16.4.